The normalized spacial score (nSPS) is 17.4. The molecule has 1 N–H and O–H groups in total. The van der Waals surface area contributed by atoms with Crippen LogP contribution in [-0.2, 0) is 14.3 Å². The molecule has 1 atom stereocenters. The molecule has 1 aromatic rings. The van der Waals surface area contributed by atoms with Crippen molar-refractivity contribution in [3.8, 4) is 0 Å². The van der Waals surface area contributed by atoms with E-state index in [-0.39, 0.29) is 24.9 Å². The maximum atomic E-state index is 12.6. The van der Waals surface area contributed by atoms with Crippen molar-refractivity contribution in [2.75, 3.05) is 32.8 Å². The molecule has 2 rings (SSSR count). The molecular weight excluding hydrogens is 314 g/mol. The smallest absolute Gasteiger partial charge is 0.323 e. The van der Waals surface area contributed by atoms with E-state index in [1.54, 1.807) is 17.2 Å². The predicted octanol–water partition coefficient (Wildman–Crippen LogP) is 0.164. The lowest BCUT2D eigenvalue weighted by Crippen LogP contribution is -2.51. The van der Waals surface area contributed by atoms with Gasteiger partial charge in [-0.25, -0.2) is 0 Å². The first kappa shape index (κ1) is 17.9. The van der Waals surface area contributed by atoms with E-state index in [1.807, 2.05) is 6.92 Å². The van der Waals surface area contributed by atoms with E-state index in [4.69, 9.17) is 9.84 Å². The summed E-state index contributed by atoms with van der Waals surface area (Å²) in [6, 6.07) is 1.77. The molecule has 1 aliphatic heterocycles. The summed E-state index contributed by atoms with van der Waals surface area (Å²) in [5.41, 5.74) is 1.40. The predicted molar refractivity (Wildman–Crippen MR) is 84.5 cm³/mol. The molecule has 1 fully saturated rings. The highest BCUT2D eigenvalue weighted by molar-refractivity contribution is 5.94. The van der Waals surface area contributed by atoms with Gasteiger partial charge in [0.25, 0.3) is 5.91 Å². The van der Waals surface area contributed by atoms with E-state index in [2.05, 4.69) is 4.98 Å². The maximum absolute atomic E-state index is 12.6. The number of aliphatic carboxylic acids is 1. The Morgan fingerprint density at radius 1 is 1.42 bits per heavy atom. The number of aromatic nitrogens is 1. The average molecular weight is 335 g/mol. The lowest BCUT2D eigenvalue weighted by Gasteiger charge is -2.35. The van der Waals surface area contributed by atoms with Crippen molar-refractivity contribution >= 4 is 17.8 Å². The third kappa shape index (κ3) is 4.76. The number of pyridine rings is 1. The minimum absolute atomic E-state index is 0.136. The number of morpholine rings is 1. The van der Waals surface area contributed by atoms with Crippen LogP contribution in [0.5, 0.6) is 0 Å². The number of carboxylic acid groups (broad SMARTS) is 1. The Morgan fingerprint density at radius 2 is 2.17 bits per heavy atom. The molecule has 1 unspecified atom stereocenters. The zero-order valence-electron chi connectivity index (χ0n) is 13.8. The highest BCUT2D eigenvalue weighted by Crippen LogP contribution is 2.12. The second kappa shape index (κ2) is 7.87. The van der Waals surface area contributed by atoms with E-state index in [0.717, 1.165) is 5.56 Å². The van der Waals surface area contributed by atoms with Crippen molar-refractivity contribution in [2.24, 2.45) is 0 Å². The number of ether oxygens (including phenoxy) is 1. The fraction of sp³-hybridized carbons (Fsp3) is 0.500. The highest BCUT2D eigenvalue weighted by Gasteiger charge is 2.28. The standard InChI is InChI=1S/C16H21N3O5/c1-11-5-13(7-17-6-11)16(23)18-3-4-24-14(8-18)9-19(12(2)20)10-15(21)22/h5-7,14H,3-4,8-10H2,1-2H3,(H,21,22). The lowest BCUT2D eigenvalue weighted by molar-refractivity contribution is -0.145. The average Bonchev–Trinajstić information content (AvgIpc) is 2.53. The minimum atomic E-state index is -1.08. The Balaban J connectivity index is 2.01. The lowest BCUT2D eigenvalue weighted by atomic mass is 10.1. The number of carboxylic acids is 1. The first-order valence-corrected chi connectivity index (χ1v) is 7.66. The molecule has 8 heteroatoms. The largest absolute Gasteiger partial charge is 0.480 e. The van der Waals surface area contributed by atoms with Gasteiger partial charge in [0.15, 0.2) is 0 Å². The number of carbonyl (C=O) groups is 3. The van der Waals surface area contributed by atoms with Crippen LogP contribution in [0.2, 0.25) is 0 Å². The van der Waals surface area contributed by atoms with Crippen molar-refractivity contribution in [1.29, 1.82) is 0 Å². The van der Waals surface area contributed by atoms with Crippen LogP contribution in [0, 0.1) is 6.92 Å². The van der Waals surface area contributed by atoms with Gasteiger partial charge < -0.3 is 19.6 Å². The van der Waals surface area contributed by atoms with Crippen molar-refractivity contribution in [3.05, 3.63) is 29.6 Å². The molecule has 130 valence electrons. The Hall–Kier alpha value is -2.48. The van der Waals surface area contributed by atoms with Gasteiger partial charge in [0.05, 0.1) is 18.3 Å². The van der Waals surface area contributed by atoms with Crippen LogP contribution in [0.4, 0.5) is 0 Å². The van der Waals surface area contributed by atoms with Gasteiger partial charge in [0.1, 0.15) is 6.54 Å². The number of hydrogen-bond acceptors (Lipinski definition) is 5. The van der Waals surface area contributed by atoms with Gasteiger partial charge in [-0.15, -0.1) is 0 Å². The Bertz CT molecular complexity index is 634. The molecule has 0 aromatic carbocycles. The van der Waals surface area contributed by atoms with Crippen molar-refractivity contribution in [3.63, 3.8) is 0 Å². The molecular formula is C16H21N3O5. The van der Waals surface area contributed by atoms with Gasteiger partial charge in [-0.2, -0.15) is 0 Å². The van der Waals surface area contributed by atoms with Gasteiger partial charge >= 0.3 is 5.97 Å². The molecule has 0 radical (unpaired) electrons. The van der Waals surface area contributed by atoms with Gasteiger partial charge in [-0.1, -0.05) is 0 Å². The first-order chi connectivity index (χ1) is 11.4. The number of hydrogen-bond donors (Lipinski definition) is 1. The fourth-order valence-electron chi connectivity index (χ4n) is 2.58. The van der Waals surface area contributed by atoms with Crippen LogP contribution in [-0.4, -0.2) is 76.6 Å². The molecule has 0 saturated carbocycles. The molecule has 0 aliphatic carbocycles. The van der Waals surface area contributed by atoms with Crippen LogP contribution in [0.3, 0.4) is 0 Å². The molecule has 24 heavy (non-hydrogen) atoms. The third-order valence-corrected chi connectivity index (χ3v) is 3.74. The summed E-state index contributed by atoms with van der Waals surface area (Å²) in [4.78, 5) is 41.8. The van der Waals surface area contributed by atoms with E-state index in [9.17, 15) is 14.4 Å². The Kier molecular flexibility index (Phi) is 5.86. The summed E-state index contributed by atoms with van der Waals surface area (Å²) in [5, 5.41) is 8.87. The van der Waals surface area contributed by atoms with Crippen molar-refractivity contribution in [2.45, 2.75) is 20.0 Å². The summed E-state index contributed by atoms with van der Waals surface area (Å²) in [7, 11) is 0. The molecule has 0 bridgehead atoms. The molecule has 2 amide bonds. The summed E-state index contributed by atoms with van der Waals surface area (Å²) in [5.74, 6) is -1.57. The van der Waals surface area contributed by atoms with Crippen LogP contribution >= 0.6 is 0 Å². The third-order valence-electron chi connectivity index (χ3n) is 3.74. The topological polar surface area (TPSA) is 100 Å². The van der Waals surface area contributed by atoms with Crippen molar-refractivity contribution in [1.82, 2.24) is 14.8 Å². The van der Waals surface area contributed by atoms with Gasteiger partial charge in [0, 0.05) is 39.0 Å². The number of rotatable bonds is 5. The van der Waals surface area contributed by atoms with E-state index < -0.39 is 12.1 Å². The SMILES string of the molecule is CC(=O)N(CC(=O)O)CC1CN(C(=O)c2cncc(C)c2)CCO1. The molecule has 1 aliphatic rings. The van der Waals surface area contributed by atoms with Gasteiger partial charge in [-0.3, -0.25) is 19.4 Å². The van der Waals surface area contributed by atoms with Crippen LogP contribution in [0.25, 0.3) is 0 Å². The summed E-state index contributed by atoms with van der Waals surface area (Å²) >= 11 is 0. The number of nitrogens with zero attached hydrogens (tertiary/aromatic N) is 3. The highest BCUT2D eigenvalue weighted by atomic mass is 16.5. The quantitative estimate of drug-likeness (QED) is 0.823. The first-order valence-electron chi connectivity index (χ1n) is 7.66. The van der Waals surface area contributed by atoms with E-state index >= 15 is 0 Å². The van der Waals surface area contributed by atoms with E-state index in [0.29, 0.717) is 25.3 Å². The van der Waals surface area contributed by atoms with Crippen molar-refractivity contribution < 1.29 is 24.2 Å². The summed E-state index contributed by atoms with van der Waals surface area (Å²) in [6.07, 6.45) is 2.78. The molecule has 1 saturated heterocycles. The molecule has 2 heterocycles. The number of carbonyl (C=O) groups excluding carboxylic acids is 2. The molecule has 8 nitrogen and oxygen atoms in total. The zero-order chi connectivity index (χ0) is 17.7. The van der Waals surface area contributed by atoms with E-state index in [1.165, 1.54) is 18.0 Å². The second-order valence-electron chi connectivity index (χ2n) is 5.79. The van der Waals surface area contributed by atoms with Crippen LogP contribution in [0.15, 0.2) is 18.5 Å². The maximum Gasteiger partial charge on any atom is 0.323 e. The van der Waals surface area contributed by atoms with Crippen LogP contribution in [0.1, 0.15) is 22.8 Å². The number of amides is 2. The number of aryl methyl sites for hydroxylation is 1. The monoisotopic (exact) mass is 335 g/mol. The summed E-state index contributed by atoms with van der Waals surface area (Å²) < 4.78 is 5.58. The summed E-state index contributed by atoms with van der Waals surface area (Å²) in [6.45, 7) is 4.02. The van der Waals surface area contributed by atoms with Gasteiger partial charge in [0.2, 0.25) is 5.91 Å². The fourth-order valence-corrected chi connectivity index (χ4v) is 2.58. The molecule has 0 spiro atoms. The minimum Gasteiger partial charge on any atom is -0.480 e. The Labute approximate surface area is 140 Å². The second-order valence-corrected chi connectivity index (χ2v) is 5.79. The Morgan fingerprint density at radius 3 is 2.79 bits per heavy atom. The molecule has 1 aromatic heterocycles. The van der Waals surface area contributed by atoms with Gasteiger partial charge in [-0.05, 0) is 18.6 Å². The zero-order valence-corrected chi connectivity index (χ0v) is 13.8. The van der Waals surface area contributed by atoms with Crippen LogP contribution < -0.4 is 0 Å².